The van der Waals surface area contributed by atoms with Crippen molar-refractivity contribution in [2.45, 2.75) is 44.6 Å². The molecular formula is C24H29N5OS. The highest BCUT2D eigenvalue weighted by Crippen LogP contribution is 2.34. The van der Waals surface area contributed by atoms with Gasteiger partial charge in [0.25, 0.3) is 0 Å². The van der Waals surface area contributed by atoms with Crippen molar-refractivity contribution in [3.05, 3.63) is 48.1 Å². The Morgan fingerprint density at radius 3 is 2.65 bits per heavy atom. The van der Waals surface area contributed by atoms with E-state index in [9.17, 15) is 4.79 Å². The van der Waals surface area contributed by atoms with Gasteiger partial charge in [-0.15, -0.1) is 11.3 Å². The van der Waals surface area contributed by atoms with Crippen molar-refractivity contribution in [2.24, 2.45) is 5.92 Å². The molecule has 1 N–H and O–H groups in total. The second kappa shape index (κ2) is 9.22. The molecular weight excluding hydrogens is 406 g/mol. The number of amides is 2. The van der Waals surface area contributed by atoms with E-state index in [2.05, 4.69) is 36.5 Å². The van der Waals surface area contributed by atoms with Crippen LogP contribution < -0.4 is 10.2 Å². The lowest BCUT2D eigenvalue weighted by Crippen LogP contribution is -2.49. The van der Waals surface area contributed by atoms with Crippen molar-refractivity contribution in [2.75, 3.05) is 29.9 Å². The maximum absolute atomic E-state index is 13.2. The third kappa shape index (κ3) is 4.37. The summed E-state index contributed by atoms with van der Waals surface area (Å²) in [5, 5.41) is 6.37. The number of nitrogens with zero attached hydrogens (tertiary/aromatic N) is 4. The highest BCUT2D eigenvalue weighted by Gasteiger charge is 2.34. The molecule has 2 aromatic heterocycles. The number of rotatable bonds is 3. The molecule has 2 saturated heterocycles. The molecule has 2 aliphatic rings. The molecule has 0 saturated carbocycles. The van der Waals surface area contributed by atoms with E-state index in [-0.39, 0.29) is 6.03 Å². The van der Waals surface area contributed by atoms with Crippen LogP contribution in [0.1, 0.15) is 38.5 Å². The Balaban J connectivity index is 1.28. The largest absolute Gasteiger partial charge is 0.356 e. The van der Waals surface area contributed by atoms with Gasteiger partial charge < -0.3 is 15.1 Å². The van der Waals surface area contributed by atoms with Gasteiger partial charge in [0.1, 0.15) is 17.0 Å². The molecule has 5 rings (SSSR count). The van der Waals surface area contributed by atoms with Gasteiger partial charge in [-0.25, -0.2) is 14.8 Å². The van der Waals surface area contributed by atoms with Gasteiger partial charge in [0.15, 0.2) is 0 Å². The maximum atomic E-state index is 13.2. The number of carbonyl (C=O) groups excluding carboxylic acids is 1. The van der Waals surface area contributed by atoms with Crippen LogP contribution in [-0.2, 0) is 0 Å². The normalized spacial score (nSPS) is 20.6. The number of fused-ring (bicyclic) bond motifs is 1. The van der Waals surface area contributed by atoms with Gasteiger partial charge in [-0.2, -0.15) is 0 Å². The molecule has 1 atom stereocenters. The molecule has 2 amide bonds. The minimum absolute atomic E-state index is 0.0521. The van der Waals surface area contributed by atoms with E-state index in [1.165, 1.54) is 12.8 Å². The van der Waals surface area contributed by atoms with Gasteiger partial charge in [-0.3, -0.25) is 0 Å². The highest BCUT2D eigenvalue weighted by atomic mass is 32.1. The first-order valence-electron chi connectivity index (χ1n) is 11.4. The molecule has 0 radical (unpaired) electrons. The first-order valence-corrected chi connectivity index (χ1v) is 12.2. The summed E-state index contributed by atoms with van der Waals surface area (Å²) < 4.78 is 0. The summed E-state index contributed by atoms with van der Waals surface area (Å²) in [6.07, 6.45) is 8.48. The highest BCUT2D eigenvalue weighted by molar-refractivity contribution is 7.16. The van der Waals surface area contributed by atoms with Crippen LogP contribution in [0.2, 0.25) is 0 Å². The van der Waals surface area contributed by atoms with Crippen LogP contribution in [0.3, 0.4) is 0 Å². The molecule has 0 unspecified atom stereocenters. The number of carbonyl (C=O) groups is 1. The lowest BCUT2D eigenvalue weighted by Gasteiger charge is -2.41. The van der Waals surface area contributed by atoms with Crippen molar-refractivity contribution < 1.29 is 4.79 Å². The lowest BCUT2D eigenvalue weighted by molar-refractivity contribution is 0.146. The number of likely N-dealkylation sites (tertiary alicyclic amines) is 1. The molecule has 3 aromatic rings. The molecule has 31 heavy (non-hydrogen) atoms. The molecule has 1 aromatic carbocycles. The average molecular weight is 436 g/mol. The minimum atomic E-state index is 0.0521. The second-order valence-corrected chi connectivity index (χ2v) is 9.46. The molecule has 4 heterocycles. The summed E-state index contributed by atoms with van der Waals surface area (Å²) in [7, 11) is 0. The van der Waals surface area contributed by atoms with Crippen molar-refractivity contribution in [1.82, 2.24) is 14.9 Å². The fourth-order valence-corrected chi connectivity index (χ4v) is 5.85. The van der Waals surface area contributed by atoms with E-state index < -0.39 is 0 Å². The predicted molar refractivity (Wildman–Crippen MR) is 127 cm³/mol. The second-order valence-electron chi connectivity index (χ2n) is 8.57. The summed E-state index contributed by atoms with van der Waals surface area (Å²) in [5.74, 6) is 1.60. The van der Waals surface area contributed by atoms with Crippen molar-refractivity contribution in [1.29, 1.82) is 0 Å². The topological polar surface area (TPSA) is 61.4 Å². The Hall–Kier alpha value is -2.67. The summed E-state index contributed by atoms with van der Waals surface area (Å²) in [5.41, 5.74) is 0.869. The standard InChI is InChI=1S/C24H29N5OS/c30-24(27-19-7-3-1-4-8-19)29-13-6-2-5-9-21(29)18-10-14-28(15-11-18)22-20-12-16-31-23(20)26-17-25-22/h1,3-4,7-8,12,16-18,21H,2,5-6,9-11,13-15H2,(H,27,30)/t21-/m1/s1. The number of para-hydroxylation sites is 1. The molecule has 0 aliphatic carbocycles. The van der Waals surface area contributed by atoms with Gasteiger partial charge >= 0.3 is 6.03 Å². The van der Waals surface area contributed by atoms with Gasteiger partial charge in [-0.05, 0) is 55.2 Å². The molecule has 2 aliphatic heterocycles. The van der Waals surface area contributed by atoms with Crippen molar-refractivity contribution in [3.63, 3.8) is 0 Å². The van der Waals surface area contributed by atoms with Gasteiger partial charge in [0.2, 0.25) is 0 Å². The fourth-order valence-electron chi connectivity index (χ4n) is 5.12. The van der Waals surface area contributed by atoms with Gasteiger partial charge in [-0.1, -0.05) is 31.0 Å². The van der Waals surface area contributed by atoms with Crippen LogP contribution in [0, 0.1) is 5.92 Å². The number of piperidine rings is 1. The van der Waals surface area contributed by atoms with Crippen LogP contribution in [0.4, 0.5) is 16.3 Å². The van der Waals surface area contributed by atoms with Crippen LogP contribution in [-0.4, -0.2) is 46.6 Å². The molecule has 162 valence electrons. The molecule has 7 heteroatoms. The third-order valence-electron chi connectivity index (χ3n) is 6.71. The summed E-state index contributed by atoms with van der Waals surface area (Å²) in [6.45, 7) is 2.82. The van der Waals surface area contributed by atoms with Crippen LogP contribution in [0.15, 0.2) is 48.1 Å². The van der Waals surface area contributed by atoms with Crippen LogP contribution in [0.25, 0.3) is 10.2 Å². The zero-order valence-corrected chi connectivity index (χ0v) is 18.6. The Kier molecular flexibility index (Phi) is 6.02. The smallest absolute Gasteiger partial charge is 0.322 e. The zero-order valence-electron chi connectivity index (χ0n) is 17.7. The lowest BCUT2D eigenvalue weighted by atomic mass is 9.86. The number of thiophene rings is 1. The Morgan fingerprint density at radius 2 is 1.81 bits per heavy atom. The Labute approximate surface area is 187 Å². The first kappa shape index (κ1) is 20.2. The summed E-state index contributed by atoms with van der Waals surface area (Å²) >= 11 is 1.67. The Morgan fingerprint density at radius 1 is 0.968 bits per heavy atom. The van der Waals surface area contributed by atoms with E-state index in [4.69, 9.17) is 0 Å². The SMILES string of the molecule is O=C(Nc1ccccc1)N1CCCCC[C@@H]1C1CCN(c2ncnc3sccc23)CC1. The summed E-state index contributed by atoms with van der Waals surface area (Å²) in [4.78, 5) is 27.7. The number of urea groups is 1. The zero-order chi connectivity index (χ0) is 21.0. The van der Waals surface area contributed by atoms with Crippen LogP contribution >= 0.6 is 11.3 Å². The van der Waals surface area contributed by atoms with E-state index in [1.807, 2.05) is 30.3 Å². The van der Waals surface area contributed by atoms with E-state index >= 15 is 0 Å². The number of benzene rings is 1. The van der Waals surface area contributed by atoms with Crippen LogP contribution in [0.5, 0.6) is 0 Å². The number of hydrogen-bond donors (Lipinski definition) is 1. The van der Waals surface area contributed by atoms with Gasteiger partial charge in [0, 0.05) is 31.4 Å². The van der Waals surface area contributed by atoms with E-state index in [0.29, 0.717) is 12.0 Å². The quantitative estimate of drug-likeness (QED) is 0.600. The summed E-state index contributed by atoms with van der Waals surface area (Å²) in [6, 6.07) is 12.3. The van der Waals surface area contributed by atoms with Crippen molar-refractivity contribution in [3.8, 4) is 0 Å². The predicted octanol–water partition coefficient (Wildman–Crippen LogP) is 5.38. The molecule has 6 nitrogen and oxygen atoms in total. The monoisotopic (exact) mass is 435 g/mol. The Bertz CT molecular complexity index is 1010. The van der Waals surface area contributed by atoms with E-state index in [0.717, 1.165) is 67.0 Å². The fraction of sp³-hybridized carbons (Fsp3) is 0.458. The average Bonchev–Trinajstić information content (AvgIpc) is 3.16. The number of nitrogens with one attached hydrogen (secondary N) is 1. The number of anilines is 2. The first-order chi connectivity index (χ1) is 15.3. The molecule has 0 bridgehead atoms. The number of hydrogen-bond acceptors (Lipinski definition) is 5. The van der Waals surface area contributed by atoms with E-state index in [1.54, 1.807) is 17.7 Å². The number of aromatic nitrogens is 2. The van der Waals surface area contributed by atoms with Gasteiger partial charge in [0.05, 0.1) is 5.39 Å². The minimum Gasteiger partial charge on any atom is -0.356 e. The third-order valence-corrected chi connectivity index (χ3v) is 7.53. The van der Waals surface area contributed by atoms with Crippen molar-refractivity contribution >= 4 is 39.1 Å². The maximum Gasteiger partial charge on any atom is 0.322 e. The molecule has 2 fully saturated rings. The molecule has 0 spiro atoms.